The molecular weight excluding hydrogens is 255 g/mol. The van der Waals surface area contributed by atoms with E-state index >= 15 is 0 Å². The van der Waals surface area contributed by atoms with E-state index in [1.807, 2.05) is 0 Å². The molecule has 0 aliphatic rings. The summed E-state index contributed by atoms with van der Waals surface area (Å²) in [6, 6.07) is 3.24. The van der Waals surface area contributed by atoms with Crippen LogP contribution >= 0.6 is 0 Å². The van der Waals surface area contributed by atoms with Crippen molar-refractivity contribution in [3.8, 4) is 11.5 Å². The van der Waals surface area contributed by atoms with Crippen molar-refractivity contribution in [1.82, 2.24) is 10.2 Å². The number of nitro groups is 1. The average molecular weight is 266 g/mol. The first-order valence-corrected chi connectivity index (χ1v) is 5.58. The van der Waals surface area contributed by atoms with Gasteiger partial charge in [0, 0.05) is 12.5 Å². The van der Waals surface area contributed by atoms with Crippen LogP contribution in [0.25, 0.3) is 11.5 Å². The predicted octanol–water partition coefficient (Wildman–Crippen LogP) is 1.68. The molecule has 0 aliphatic heterocycles. The Morgan fingerprint density at radius 2 is 2.21 bits per heavy atom. The molecule has 8 heteroatoms. The van der Waals surface area contributed by atoms with Crippen LogP contribution in [0.5, 0.6) is 0 Å². The highest BCUT2D eigenvalue weighted by Gasteiger charge is 2.16. The van der Waals surface area contributed by atoms with Crippen LogP contribution < -0.4 is 5.73 Å². The van der Waals surface area contributed by atoms with Gasteiger partial charge in [0.25, 0.3) is 11.6 Å². The van der Waals surface area contributed by atoms with Gasteiger partial charge in [-0.25, -0.2) is 4.39 Å². The van der Waals surface area contributed by atoms with Crippen molar-refractivity contribution in [2.24, 2.45) is 5.73 Å². The van der Waals surface area contributed by atoms with Crippen LogP contribution in [0.1, 0.15) is 12.3 Å². The summed E-state index contributed by atoms with van der Waals surface area (Å²) in [5.74, 6) is -0.416. The molecule has 0 amide bonds. The quantitative estimate of drug-likeness (QED) is 0.651. The third-order valence-corrected chi connectivity index (χ3v) is 2.46. The van der Waals surface area contributed by atoms with Crippen LogP contribution in [0, 0.1) is 15.9 Å². The number of nitrogens with two attached hydrogens (primary N) is 1. The van der Waals surface area contributed by atoms with Gasteiger partial charge in [-0.05, 0) is 19.0 Å². The molecule has 0 spiro atoms. The molecule has 0 aliphatic carbocycles. The van der Waals surface area contributed by atoms with Crippen molar-refractivity contribution in [3.05, 3.63) is 40.0 Å². The SMILES string of the molecule is NCCCc1nnc(-c2ccc([N+](=O)[O-])cc2F)o1. The first-order chi connectivity index (χ1) is 9.11. The van der Waals surface area contributed by atoms with E-state index in [4.69, 9.17) is 10.2 Å². The zero-order valence-corrected chi connectivity index (χ0v) is 9.88. The Bertz CT molecular complexity index is 599. The van der Waals surface area contributed by atoms with Crippen LogP contribution in [0.4, 0.5) is 10.1 Å². The molecule has 0 saturated heterocycles. The van der Waals surface area contributed by atoms with E-state index in [1.54, 1.807) is 0 Å². The molecule has 2 aromatic rings. The summed E-state index contributed by atoms with van der Waals surface area (Å²) in [7, 11) is 0. The molecule has 0 bridgehead atoms. The fraction of sp³-hybridized carbons (Fsp3) is 0.273. The van der Waals surface area contributed by atoms with Crippen molar-refractivity contribution in [2.75, 3.05) is 6.54 Å². The normalized spacial score (nSPS) is 10.6. The topological polar surface area (TPSA) is 108 Å². The largest absolute Gasteiger partial charge is 0.421 e. The first-order valence-electron chi connectivity index (χ1n) is 5.58. The number of hydrogen-bond acceptors (Lipinski definition) is 6. The number of aromatic nitrogens is 2. The zero-order valence-electron chi connectivity index (χ0n) is 9.88. The van der Waals surface area contributed by atoms with Crippen LogP contribution in [0.3, 0.4) is 0 Å². The minimum atomic E-state index is -0.775. The number of benzene rings is 1. The fourth-order valence-corrected chi connectivity index (χ4v) is 1.51. The number of aryl methyl sites for hydroxylation is 1. The number of nitrogens with zero attached hydrogens (tertiary/aromatic N) is 3. The molecule has 7 nitrogen and oxygen atoms in total. The molecule has 19 heavy (non-hydrogen) atoms. The van der Waals surface area contributed by atoms with E-state index in [2.05, 4.69) is 10.2 Å². The van der Waals surface area contributed by atoms with E-state index in [0.29, 0.717) is 25.3 Å². The van der Waals surface area contributed by atoms with E-state index in [0.717, 1.165) is 6.07 Å². The molecule has 1 heterocycles. The fourth-order valence-electron chi connectivity index (χ4n) is 1.51. The first kappa shape index (κ1) is 13.1. The van der Waals surface area contributed by atoms with Crippen LogP contribution in [0.15, 0.2) is 22.6 Å². The van der Waals surface area contributed by atoms with Gasteiger partial charge < -0.3 is 10.2 Å². The third kappa shape index (κ3) is 2.91. The van der Waals surface area contributed by atoms with Gasteiger partial charge in [0.2, 0.25) is 5.89 Å². The van der Waals surface area contributed by atoms with Gasteiger partial charge in [-0.1, -0.05) is 0 Å². The minimum Gasteiger partial charge on any atom is -0.421 e. The Hall–Kier alpha value is -2.35. The summed E-state index contributed by atoms with van der Waals surface area (Å²) in [5.41, 5.74) is 5.06. The number of nitro benzene ring substituents is 1. The van der Waals surface area contributed by atoms with Crippen molar-refractivity contribution in [3.63, 3.8) is 0 Å². The predicted molar refractivity (Wildman–Crippen MR) is 63.7 cm³/mol. The molecule has 100 valence electrons. The van der Waals surface area contributed by atoms with Crippen molar-refractivity contribution >= 4 is 5.69 Å². The van der Waals surface area contributed by atoms with Gasteiger partial charge in [-0.3, -0.25) is 10.1 Å². The lowest BCUT2D eigenvalue weighted by molar-refractivity contribution is -0.385. The van der Waals surface area contributed by atoms with Gasteiger partial charge in [-0.2, -0.15) is 0 Å². The van der Waals surface area contributed by atoms with Crippen LogP contribution in [0.2, 0.25) is 0 Å². The molecule has 0 atom stereocenters. The number of hydrogen-bond donors (Lipinski definition) is 1. The third-order valence-electron chi connectivity index (χ3n) is 2.46. The zero-order chi connectivity index (χ0) is 13.8. The van der Waals surface area contributed by atoms with Crippen molar-refractivity contribution in [1.29, 1.82) is 0 Å². The summed E-state index contributed by atoms with van der Waals surface area (Å²) in [6.07, 6.45) is 1.20. The highest BCUT2D eigenvalue weighted by molar-refractivity contribution is 5.56. The molecule has 2 N–H and O–H groups in total. The molecule has 0 unspecified atom stereocenters. The summed E-state index contributed by atoms with van der Waals surface area (Å²) in [6.45, 7) is 0.490. The average Bonchev–Trinajstić information content (AvgIpc) is 2.84. The second kappa shape index (κ2) is 5.53. The number of non-ortho nitro benzene ring substituents is 1. The Balaban J connectivity index is 2.26. The Kier molecular flexibility index (Phi) is 3.81. The second-order valence-electron chi connectivity index (χ2n) is 3.81. The summed E-state index contributed by atoms with van der Waals surface area (Å²) in [4.78, 5) is 9.83. The van der Waals surface area contributed by atoms with Gasteiger partial charge in [0.05, 0.1) is 16.6 Å². The summed E-state index contributed by atoms with van der Waals surface area (Å²) >= 11 is 0. The monoisotopic (exact) mass is 266 g/mol. The highest BCUT2D eigenvalue weighted by Crippen LogP contribution is 2.25. The van der Waals surface area contributed by atoms with E-state index in [1.165, 1.54) is 12.1 Å². The van der Waals surface area contributed by atoms with Crippen molar-refractivity contribution < 1.29 is 13.7 Å². The minimum absolute atomic E-state index is 0.000538. The molecule has 0 fully saturated rings. The lowest BCUT2D eigenvalue weighted by Gasteiger charge is -1.97. The van der Waals surface area contributed by atoms with Gasteiger partial charge >= 0.3 is 0 Å². The van der Waals surface area contributed by atoms with Crippen LogP contribution in [-0.2, 0) is 6.42 Å². The smallest absolute Gasteiger partial charge is 0.272 e. The Morgan fingerprint density at radius 3 is 2.84 bits per heavy atom. The van der Waals surface area contributed by atoms with Crippen LogP contribution in [-0.4, -0.2) is 21.7 Å². The van der Waals surface area contributed by atoms with Crippen molar-refractivity contribution in [2.45, 2.75) is 12.8 Å². The highest BCUT2D eigenvalue weighted by atomic mass is 19.1. The number of halogens is 1. The lowest BCUT2D eigenvalue weighted by atomic mass is 10.2. The summed E-state index contributed by atoms with van der Waals surface area (Å²) < 4.78 is 19.0. The lowest BCUT2D eigenvalue weighted by Crippen LogP contribution is -2.00. The standard InChI is InChI=1S/C11H11FN4O3/c12-9-6-7(16(17)18)3-4-8(9)11-15-14-10(19-11)2-1-5-13/h3-4,6H,1-2,5,13H2. The maximum absolute atomic E-state index is 13.7. The summed E-state index contributed by atoms with van der Waals surface area (Å²) in [5, 5.41) is 18.0. The van der Waals surface area contributed by atoms with E-state index in [-0.39, 0.29) is 17.1 Å². The molecular formula is C11H11FN4O3. The molecule has 0 saturated carbocycles. The maximum Gasteiger partial charge on any atom is 0.272 e. The van der Waals surface area contributed by atoms with Gasteiger partial charge in [0.15, 0.2) is 0 Å². The Morgan fingerprint density at radius 1 is 1.42 bits per heavy atom. The number of rotatable bonds is 5. The molecule has 1 aromatic carbocycles. The molecule has 1 aromatic heterocycles. The van der Waals surface area contributed by atoms with Gasteiger partial charge in [-0.15, -0.1) is 10.2 Å². The molecule has 0 radical (unpaired) electrons. The van der Waals surface area contributed by atoms with Gasteiger partial charge in [0.1, 0.15) is 5.82 Å². The van der Waals surface area contributed by atoms with E-state index < -0.39 is 10.7 Å². The maximum atomic E-state index is 13.7. The Labute approximate surface area is 107 Å². The molecule has 2 rings (SSSR count). The van der Waals surface area contributed by atoms with E-state index in [9.17, 15) is 14.5 Å². The second-order valence-corrected chi connectivity index (χ2v) is 3.81.